The van der Waals surface area contributed by atoms with E-state index in [1.54, 1.807) is 12.1 Å². The molecule has 2 aromatic carbocycles. The molecular weight excluding hydrogens is 578 g/mol. The minimum atomic E-state index is -0.614. The number of anilines is 5. The molecule has 5 rings (SSSR count). The van der Waals surface area contributed by atoms with Gasteiger partial charge in [0, 0.05) is 49.2 Å². The summed E-state index contributed by atoms with van der Waals surface area (Å²) in [6.07, 6.45) is 6.84. The van der Waals surface area contributed by atoms with Gasteiger partial charge in [0.05, 0.1) is 11.3 Å². The van der Waals surface area contributed by atoms with Gasteiger partial charge in [-0.1, -0.05) is 0 Å². The number of piperidine rings is 2. The van der Waals surface area contributed by atoms with Crippen LogP contribution in [0.1, 0.15) is 60.2 Å². The summed E-state index contributed by atoms with van der Waals surface area (Å²) in [5, 5.41) is 36.3. The Morgan fingerprint density at radius 1 is 0.767 bits per heavy atom. The van der Waals surface area contributed by atoms with Crippen LogP contribution in [-0.4, -0.2) is 62.4 Å². The zero-order valence-electron chi connectivity index (χ0n) is 24.7. The van der Waals surface area contributed by atoms with Crippen LogP contribution in [-0.2, 0) is 0 Å². The molecular formula is C27H54ClN11O4. The third-order valence-electron chi connectivity index (χ3n) is 7.04. The van der Waals surface area contributed by atoms with Crippen LogP contribution in [0.2, 0.25) is 0 Å². The zero-order chi connectivity index (χ0) is 26.6. The highest BCUT2D eigenvalue weighted by atomic mass is 35.5. The van der Waals surface area contributed by atoms with E-state index in [-0.39, 0.29) is 76.8 Å². The number of aromatic nitrogens is 3. The molecule has 1 amide bonds. The predicted molar refractivity (Wildman–Crippen MR) is 182 cm³/mol. The summed E-state index contributed by atoms with van der Waals surface area (Å²) in [6, 6.07) is 7.38. The van der Waals surface area contributed by atoms with E-state index in [4.69, 9.17) is 4.98 Å². The smallest absolute Gasteiger partial charge is 0.259 e. The Hall–Kier alpha value is -4.15. The molecule has 2 fully saturated rings. The monoisotopic (exact) mass is 631 g/mol. The van der Waals surface area contributed by atoms with Gasteiger partial charge in [0.1, 0.15) is 17.2 Å². The van der Waals surface area contributed by atoms with Crippen molar-refractivity contribution in [2.75, 3.05) is 46.6 Å². The molecule has 248 valence electrons. The molecule has 2 aliphatic heterocycles. The van der Waals surface area contributed by atoms with Gasteiger partial charge < -0.3 is 60.4 Å². The Morgan fingerprint density at radius 2 is 1.30 bits per heavy atom. The fourth-order valence-electron chi connectivity index (χ4n) is 4.79. The van der Waals surface area contributed by atoms with Crippen molar-refractivity contribution in [2.24, 2.45) is 0 Å². The molecule has 0 atom stereocenters. The molecule has 0 bridgehead atoms. The van der Waals surface area contributed by atoms with Crippen LogP contribution >= 0.6 is 12.4 Å². The van der Waals surface area contributed by atoms with Crippen LogP contribution in [0.5, 0.6) is 17.2 Å². The first kappa shape index (κ1) is 38.9. The van der Waals surface area contributed by atoms with Crippen LogP contribution in [0.3, 0.4) is 0 Å². The number of aromatic hydroxyl groups is 3. The minimum Gasteiger partial charge on any atom is -0.508 e. The van der Waals surface area contributed by atoms with E-state index >= 15 is 0 Å². The quantitative estimate of drug-likeness (QED) is 0.134. The van der Waals surface area contributed by atoms with Gasteiger partial charge in [-0.15, -0.1) is 12.4 Å². The molecule has 3 aromatic rings. The van der Waals surface area contributed by atoms with Gasteiger partial charge in [-0.2, -0.15) is 15.0 Å². The first-order chi connectivity index (χ1) is 18.4. The lowest BCUT2D eigenvalue weighted by Crippen LogP contribution is -2.34. The van der Waals surface area contributed by atoms with Crippen molar-refractivity contribution in [3.63, 3.8) is 0 Å². The van der Waals surface area contributed by atoms with Gasteiger partial charge >= 0.3 is 0 Å². The van der Waals surface area contributed by atoms with Crippen molar-refractivity contribution in [1.82, 2.24) is 39.6 Å². The SMILES string of the molecule is Cc1c(O)ccc(C(=O)Nc2ccc(Nc3nc(N4CCCCC4)nc(N4CCCCC4)n3)cc2O)c1O.Cl.N.N.N.N.[HH].[HH].[HH].[HH]. The molecule has 2 aliphatic rings. The molecule has 3 heterocycles. The normalized spacial score (nSPS) is 14.0. The summed E-state index contributed by atoms with van der Waals surface area (Å²) >= 11 is 0. The fourth-order valence-corrected chi connectivity index (χ4v) is 4.79. The number of amides is 1. The third kappa shape index (κ3) is 8.92. The van der Waals surface area contributed by atoms with E-state index in [1.807, 2.05) is 0 Å². The average Bonchev–Trinajstić information content (AvgIpc) is 2.94. The lowest BCUT2D eigenvalue weighted by molar-refractivity contribution is 0.102. The number of carbonyl (C=O) groups is 1. The van der Waals surface area contributed by atoms with Gasteiger partial charge in [-0.3, -0.25) is 4.79 Å². The number of carbonyl (C=O) groups excluding carboxylic acids is 1. The summed E-state index contributed by atoms with van der Waals surface area (Å²) in [5.41, 5.74) is 0.905. The van der Waals surface area contributed by atoms with Gasteiger partial charge in [0.2, 0.25) is 17.8 Å². The molecule has 16 heteroatoms. The number of hydrogen-bond donors (Lipinski definition) is 9. The fraction of sp³-hybridized carbons (Fsp3) is 0.407. The number of rotatable bonds is 6. The molecule has 0 unspecified atom stereocenters. The van der Waals surface area contributed by atoms with E-state index in [0.717, 1.165) is 51.9 Å². The van der Waals surface area contributed by atoms with Crippen molar-refractivity contribution in [3.8, 4) is 17.2 Å². The average molecular weight is 632 g/mol. The molecule has 1 aromatic heterocycles. The maximum Gasteiger partial charge on any atom is 0.259 e. The Morgan fingerprint density at radius 3 is 1.81 bits per heavy atom. The molecule has 17 N–H and O–H groups in total. The highest BCUT2D eigenvalue weighted by Gasteiger charge is 2.21. The van der Waals surface area contributed by atoms with E-state index in [0.29, 0.717) is 23.5 Å². The van der Waals surface area contributed by atoms with Crippen LogP contribution in [0.15, 0.2) is 30.3 Å². The first-order valence-corrected chi connectivity index (χ1v) is 13.1. The topological polar surface area (TPSA) is 287 Å². The van der Waals surface area contributed by atoms with Gasteiger partial charge in [0.15, 0.2) is 0 Å². The second kappa shape index (κ2) is 17.1. The molecule has 0 aliphatic carbocycles. The van der Waals surface area contributed by atoms with Crippen LogP contribution in [0.25, 0.3) is 0 Å². The van der Waals surface area contributed by atoms with Crippen LogP contribution < -0.4 is 45.0 Å². The maximum atomic E-state index is 12.7. The van der Waals surface area contributed by atoms with Crippen molar-refractivity contribution in [3.05, 3.63) is 41.5 Å². The van der Waals surface area contributed by atoms with Crippen LogP contribution in [0, 0.1) is 6.92 Å². The number of phenols is 3. The zero-order valence-corrected chi connectivity index (χ0v) is 25.5. The minimum absolute atomic E-state index is 0. The number of phenolic OH excluding ortho intramolecular Hbond substituents is 3. The maximum absolute atomic E-state index is 12.7. The molecule has 43 heavy (non-hydrogen) atoms. The second-order valence-corrected chi connectivity index (χ2v) is 9.77. The van der Waals surface area contributed by atoms with Crippen molar-refractivity contribution in [1.29, 1.82) is 0 Å². The lowest BCUT2D eigenvalue weighted by Gasteiger charge is -2.30. The lowest BCUT2D eigenvalue weighted by atomic mass is 10.1. The second-order valence-electron chi connectivity index (χ2n) is 9.77. The van der Waals surface area contributed by atoms with Crippen LogP contribution in [0.4, 0.5) is 29.2 Å². The molecule has 15 nitrogen and oxygen atoms in total. The van der Waals surface area contributed by atoms with Gasteiger partial charge in [-0.25, -0.2) is 0 Å². The summed E-state index contributed by atoms with van der Waals surface area (Å²) in [7, 11) is 0. The Kier molecular flexibility index (Phi) is 15.4. The number of nitrogens with one attached hydrogen (secondary N) is 2. The number of nitrogens with zero attached hydrogens (tertiary/aromatic N) is 5. The standard InChI is InChI=1S/C27H33N7O4.ClH.4H3N.4H2/c1-17-21(35)11-9-19(23(17)37)24(38)29-20-10-8-18(16-22(20)36)28-25-30-26(33-12-4-2-5-13-33)32-27(31-25)34-14-6-3-7-15-34;;;;;;;;;/h8-11,16,35-37H,2-7,12-15H2,1H3,(H,29,38)(H,28,30,31,32);1H;4*1H3;4*1H. The first-order valence-electron chi connectivity index (χ1n) is 13.1. The van der Waals surface area contributed by atoms with Crippen molar-refractivity contribution in [2.45, 2.75) is 45.4 Å². The number of hydrogen-bond acceptors (Lipinski definition) is 14. The number of benzene rings is 2. The summed E-state index contributed by atoms with van der Waals surface area (Å²) in [6.45, 7) is 5.15. The molecule has 0 radical (unpaired) electrons. The van der Waals surface area contributed by atoms with Gasteiger partial charge in [0.25, 0.3) is 5.91 Å². The molecule has 0 spiro atoms. The summed E-state index contributed by atoms with van der Waals surface area (Å²) in [5.74, 6) is 0.490. The third-order valence-corrected chi connectivity index (χ3v) is 7.04. The summed E-state index contributed by atoms with van der Waals surface area (Å²) < 4.78 is 0. The van der Waals surface area contributed by atoms with Gasteiger partial charge in [-0.05, 0) is 69.7 Å². The highest BCUT2D eigenvalue weighted by Crippen LogP contribution is 2.33. The van der Waals surface area contributed by atoms with E-state index in [1.165, 1.54) is 38.0 Å². The highest BCUT2D eigenvalue weighted by molar-refractivity contribution is 6.07. The predicted octanol–water partition coefficient (Wildman–Crippen LogP) is 6.33. The summed E-state index contributed by atoms with van der Waals surface area (Å²) in [4.78, 5) is 31.2. The number of halogens is 1. The largest absolute Gasteiger partial charge is 0.508 e. The Labute approximate surface area is 263 Å². The Bertz CT molecular complexity index is 1320. The molecule has 2 saturated heterocycles. The van der Waals surface area contributed by atoms with E-state index in [9.17, 15) is 20.1 Å². The van der Waals surface area contributed by atoms with E-state index < -0.39 is 5.91 Å². The molecule has 0 saturated carbocycles. The van der Waals surface area contributed by atoms with E-state index in [2.05, 4.69) is 30.4 Å². The van der Waals surface area contributed by atoms with Crippen molar-refractivity contribution < 1.29 is 25.8 Å². The van der Waals surface area contributed by atoms with Crippen molar-refractivity contribution >= 4 is 47.5 Å². The Balaban J connectivity index is -0.000000653.